The maximum absolute atomic E-state index is 5.42. The zero-order chi connectivity index (χ0) is 13.4. The van der Waals surface area contributed by atoms with Crippen molar-refractivity contribution in [2.75, 3.05) is 6.79 Å². The fraction of sp³-hybridized carbons (Fsp3) is 0.118. The van der Waals surface area contributed by atoms with Crippen LogP contribution in [0.3, 0.4) is 0 Å². The molecule has 0 radical (unpaired) electrons. The summed E-state index contributed by atoms with van der Waals surface area (Å²) >= 11 is 0. The summed E-state index contributed by atoms with van der Waals surface area (Å²) in [7, 11) is 0. The highest BCUT2D eigenvalue weighted by Gasteiger charge is 2.14. The minimum atomic E-state index is 0. The molecule has 2 heterocycles. The van der Waals surface area contributed by atoms with Gasteiger partial charge in [-0.15, -0.1) is 0 Å². The molecule has 21 heavy (non-hydrogen) atoms. The van der Waals surface area contributed by atoms with Crippen molar-refractivity contribution in [1.82, 2.24) is 0 Å². The summed E-state index contributed by atoms with van der Waals surface area (Å²) in [4.78, 5) is 0. The van der Waals surface area contributed by atoms with Gasteiger partial charge < -0.3 is 21.9 Å². The molecule has 0 unspecified atom stereocenters. The van der Waals surface area contributed by atoms with Crippen LogP contribution in [0.25, 0.3) is 10.8 Å². The molecular formula is C17H14ClNO2. The molecule has 1 aromatic heterocycles. The fourth-order valence-electron chi connectivity index (χ4n) is 2.53. The van der Waals surface area contributed by atoms with E-state index >= 15 is 0 Å². The van der Waals surface area contributed by atoms with Crippen LogP contribution in [-0.2, 0) is 6.54 Å². The lowest BCUT2D eigenvalue weighted by Crippen LogP contribution is -3.00. The molecule has 0 saturated heterocycles. The topological polar surface area (TPSA) is 22.3 Å². The van der Waals surface area contributed by atoms with Gasteiger partial charge in [0.15, 0.2) is 30.4 Å². The van der Waals surface area contributed by atoms with Crippen LogP contribution in [0.2, 0.25) is 0 Å². The van der Waals surface area contributed by atoms with E-state index in [2.05, 4.69) is 53.4 Å². The minimum absolute atomic E-state index is 0. The van der Waals surface area contributed by atoms with Gasteiger partial charge in [-0.1, -0.05) is 18.2 Å². The zero-order valence-electron chi connectivity index (χ0n) is 11.3. The highest BCUT2D eigenvalue weighted by Crippen LogP contribution is 2.32. The van der Waals surface area contributed by atoms with Crippen LogP contribution in [-0.4, -0.2) is 6.79 Å². The molecule has 0 aliphatic carbocycles. The molecule has 1 aliphatic rings. The first-order valence-corrected chi connectivity index (χ1v) is 6.65. The van der Waals surface area contributed by atoms with Gasteiger partial charge in [-0.2, -0.15) is 0 Å². The number of nitrogens with zero attached hydrogens (tertiary/aromatic N) is 1. The molecular weight excluding hydrogens is 286 g/mol. The average Bonchev–Trinajstić information content (AvgIpc) is 2.95. The highest BCUT2D eigenvalue weighted by atomic mass is 35.5. The van der Waals surface area contributed by atoms with Crippen LogP contribution >= 0.6 is 0 Å². The van der Waals surface area contributed by atoms with Crippen LogP contribution in [0.15, 0.2) is 60.9 Å². The van der Waals surface area contributed by atoms with Crippen LogP contribution in [0, 0.1) is 0 Å². The smallest absolute Gasteiger partial charge is 0.231 e. The molecule has 0 N–H and O–H groups in total. The van der Waals surface area contributed by atoms with Crippen LogP contribution in [0.1, 0.15) is 5.56 Å². The number of hydrogen-bond donors (Lipinski definition) is 0. The molecule has 0 fully saturated rings. The lowest BCUT2D eigenvalue weighted by atomic mass is 10.1. The Morgan fingerprint density at radius 2 is 1.71 bits per heavy atom. The number of rotatable bonds is 2. The monoisotopic (exact) mass is 299 g/mol. The highest BCUT2D eigenvalue weighted by molar-refractivity contribution is 5.80. The third-order valence-electron chi connectivity index (χ3n) is 3.55. The summed E-state index contributed by atoms with van der Waals surface area (Å²) < 4.78 is 12.9. The van der Waals surface area contributed by atoms with E-state index < -0.39 is 0 Å². The van der Waals surface area contributed by atoms with Crippen molar-refractivity contribution in [2.24, 2.45) is 0 Å². The van der Waals surface area contributed by atoms with Crippen molar-refractivity contribution < 1.29 is 26.4 Å². The van der Waals surface area contributed by atoms with E-state index in [0.717, 1.165) is 18.0 Å². The number of ether oxygens (including phenoxy) is 2. The summed E-state index contributed by atoms with van der Waals surface area (Å²) in [6.07, 6.45) is 4.27. The Balaban J connectivity index is 0.00000132. The lowest BCUT2D eigenvalue weighted by molar-refractivity contribution is -0.687. The first kappa shape index (κ1) is 13.7. The Labute approximate surface area is 129 Å². The second-order valence-corrected chi connectivity index (χ2v) is 4.93. The van der Waals surface area contributed by atoms with E-state index in [1.54, 1.807) is 0 Å². The van der Waals surface area contributed by atoms with E-state index in [1.807, 2.05) is 12.1 Å². The fourth-order valence-corrected chi connectivity index (χ4v) is 2.53. The second kappa shape index (κ2) is 5.62. The van der Waals surface area contributed by atoms with Crippen LogP contribution in [0.4, 0.5) is 0 Å². The van der Waals surface area contributed by atoms with E-state index in [0.29, 0.717) is 6.79 Å². The zero-order valence-corrected chi connectivity index (χ0v) is 12.1. The molecule has 3 aromatic rings. The van der Waals surface area contributed by atoms with E-state index in [1.165, 1.54) is 16.3 Å². The molecule has 2 aromatic carbocycles. The van der Waals surface area contributed by atoms with Crippen LogP contribution < -0.4 is 26.4 Å². The standard InChI is InChI=1S/C17H14NO2.ClH/c1-2-4-15-11-18(8-7-14(15)3-1)10-13-5-6-16-17(9-13)20-12-19-16;/h1-9,11H,10,12H2;1H/q+1;/p-1. The molecule has 4 heteroatoms. The van der Waals surface area contributed by atoms with Crippen molar-refractivity contribution in [1.29, 1.82) is 0 Å². The quantitative estimate of drug-likeness (QED) is 0.617. The van der Waals surface area contributed by atoms with Gasteiger partial charge in [0.2, 0.25) is 6.79 Å². The molecule has 0 amide bonds. The molecule has 0 spiro atoms. The first-order chi connectivity index (χ1) is 9.88. The van der Waals surface area contributed by atoms with Gasteiger partial charge in [0.1, 0.15) is 0 Å². The van der Waals surface area contributed by atoms with E-state index in [4.69, 9.17) is 9.47 Å². The largest absolute Gasteiger partial charge is 1.00 e. The number of pyridine rings is 1. The summed E-state index contributed by atoms with van der Waals surface area (Å²) in [6, 6.07) is 16.6. The average molecular weight is 300 g/mol. The normalized spacial score (nSPS) is 12.2. The molecule has 0 atom stereocenters. The van der Waals surface area contributed by atoms with Gasteiger partial charge in [-0.25, -0.2) is 4.57 Å². The molecule has 4 rings (SSSR count). The molecule has 1 aliphatic heterocycles. The second-order valence-electron chi connectivity index (χ2n) is 4.93. The van der Waals surface area contributed by atoms with E-state index in [9.17, 15) is 0 Å². The van der Waals surface area contributed by atoms with Gasteiger partial charge in [0.05, 0.1) is 0 Å². The summed E-state index contributed by atoms with van der Waals surface area (Å²) in [5, 5.41) is 2.50. The van der Waals surface area contributed by atoms with Crippen molar-refractivity contribution in [2.45, 2.75) is 6.54 Å². The summed E-state index contributed by atoms with van der Waals surface area (Å²) in [5.41, 5.74) is 1.20. The van der Waals surface area contributed by atoms with Gasteiger partial charge in [-0.05, 0) is 29.7 Å². The Morgan fingerprint density at radius 1 is 0.905 bits per heavy atom. The first-order valence-electron chi connectivity index (χ1n) is 6.65. The lowest BCUT2D eigenvalue weighted by Gasteiger charge is -2.01. The SMILES string of the molecule is [Cl-].c1ccc2c[n+](Cc3ccc4c(c3)OCO4)ccc2c1. The van der Waals surface area contributed by atoms with Gasteiger partial charge in [0, 0.05) is 17.0 Å². The predicted octanol–water partition coefficient (Wildman–Crippen LogP) is -0.0917. The van der Waals surface area contributed by atoms with Gasteiger partial charge in [-0.3, -0.25) is 0 Å². The van der Waals surface area contributed by atoms with Crippen molar-refractivity contribution >= 4 is 10.8 Å². The van der Waals surface area contributed by atoms with E-state index in [-0.39, 0.29) is 12.4 Å². The number of aromatic nitrogens is 1. The van der Waals surface area contributed by atoms with Crippen LogP contribution in [0.5, 0.6) is 11.5 Å². The third kappa shape index (κ3) is 2.65. The molecule has 0 saturated carbocycles. The van der Waals surface area contributed by atoms with Crippen molar-refractivity contribution in [3.8, 4) is 11.5 Å². The van der Waals surface area contributed by atoms with Gasteiger partial charge in [0.25, 0.3) is 0 Å². The third-order valence-corrected chi connectivity index (χ3v) is 3.55. The number of benzene rings is 2. The summed E-state index contributed by atoms with van der Waals surface area (Å²) in [5.74, 6) is 1.67. The minimum Gasteiger partial charge on any atom is -1.00 e. The number of halogens is 1. The number of hydrogen-bond acceptors (Lipinski definition) is 2. The van der Waals surface area contributed by atoms with Crippen molar-refractivity contribution in [3.05, 3.63) is 66.5 Å². The molecule has 3 nitrogen and oxygen atoms in total. The molecule has 106 valence electrons. The maximum Gasteiger partial charge on any atom is 0.231 e. The maximum atomic E-state index is 5.42. The Bertz CT molecular complexity index is 789. The predicted molar refractivity (Wildman–Crippen MR) is 75.8 cm³/mol. The Kier molecular flexibility index (Phi) is 3.67. The Morgan fingerprint density at radius 3 is 2.62 bits per heavy atom. The van der Waals surface area contributed by atoms with Crippen molar-refractivity contribution in [3.63, 3.8) is 0 Å². The molecule has 0 bridgehead atoms. The van der Waals surface area contributed by atoms with Gasteiger partial charge >= 0.3 is 0 Å². The number of fused-ring (bicyclic) bond motifs is 2. The summed E-state index contributed by atoms with van der Waals surface area (Å²) in [6.45, 7) is 1.14. The Hall–Kier alpha value is -2.26.